The molecule has 17 nitrogen and oxygen atoms in total. The van der Waals surface area contributed by atoms with Crippen LogP contribution in [0.15, 0.2) is 54.6 Å². The molecule has 2 unspecified atom stereocenters. The Morgan fingerprint density at radius 3 is 2.23 bits per heavy atom. The van der Waals surface area contributed by atoms with Gasteiger partial charge in [0, 0.05) is 24.4 Å². The molecule has 3 aliphatic heterocycles. The number of carboxylic acids is 1. The average Bonchev–Trinajstić information content (AvgIpc) is 3.65. The number of benzene rings is 2. The largest absolute Gasteiger partial charge is 0.491 e. The molecule has 3 aliphatic rings. The normalized spacial score (nSPS) is 20.9. The Hall–Kier alpha value is -4.14. The zero-order chi connectivity index (χ0) is 40.7. The number of sulfonamides is 1. The molecule has 0 aromatic heterocycles. The van der Waals surface area contributed by atoms with Gasteiger partial charge in [-0.3, -0.25) is 9.59 Å². The van der Waals surface area contributed by atoms with Gasteiger partial charge in [0.25, 0.3) is 0 Å². The first-order chi connectivity index (χ1) is 25.8. The van der Waals surface area contributed by atoms with Crippen molar-refractivity contribution in [3.8, 4) is 5.75 Å². The van der Waals surface area contributed by atoms with Gasteiger partial charge in [-0.25, -0.2) is 32.0 Å². The van der Waals surface area contributed by atoms with E-state index in [1.165, 1.54) is 22.2 Å². The van der Waals surface area contributed by atoms with Crippen molar-refractivity contribution in [3.63, 3.8) is 0 Å². The van der Waals surface area contributed by atoms with Crippen LogP contribution in [0.4, 0.5) is 9.59 Å². The van der Waals surface area contributed by atoms with Crippen LogP contribution in [0.25, 0.3) is 0 Å². The van der Waals surface area contributed by atoms with Crippen molar-refractivity contribution in [2.24, 2.45) is 0 Å². The van der Waals surface area contributed by atoms with Gasteiger partial charge in [-0.15, -0.1) is 24.2 Å². The summed E-state index contributed by atoms with van der Waals surface area (Å²) in [6.45, 7) is 8.68. The van der Waals surface area contributed by atoms with Crippen molar-refractivity contribution >= 4 is 64.0 Å². The first-order valence-electron chi connectivity index (χ1n) is 17.7. The third kappa shape index (κ3) is 11.5. The average molecular weight is 843 g/mol. The SMILES string of the molecule is CC1(C)S[C@@H]2[C@H](NC(=O)C(NC(=O)N3CCN(S(C)(=O)=O)C3=O)c3ccccc3)C(=O)N2[C@H]1C(=O)O.COCCc1ccc(OCC(O)CNC(C)C)cc1.Cl. The van der Waals surface area contributed by atoms with E-state index in [0.717, 1.165) is 25.0 Å². The van der Waals surface area contributed by atoms with Gasteiger partial charge in [0.05, 0.1) is 26.0 Å². The Morgan fingerprint density at radius 2 is 1.68 bits per heavy atom. The van der Waals surface area contributed by atoms with E-state index in [4.69, 9.17) is 9.47 Å². The van der Waals surface area contributed by atoms with Gasteiger partial charge < -0.3 is 40.5 Å². The van der Waals surface area contributed by atoms with E-state index in [1.807, 2.05) is 38.1 Å². The molecule has 20 heteroatoms. The third-order valence-electron chi connectivity index (χ3n) is 8.97. The molecule has 2 aromatic carbocycles. The molecule has 5 N–H and O–H groups in total. The number of β-lactam (4-membered cyclic amide) rings is 1. The Labute approximate surface area is 337 Å². The standard InChI is InChI=1S/C21H25N5O8S2.C15H25NO3.ClH/c1-21(2)14(18(29)30)26-16(28)13(17(26)35-21)22-15(27)12(11-7-5-4-6-8-11)23-19(31)24-9-10-25(20(24)32)36(3,33)34;1-12(2)16-10-14(17)11-19-15-6-4-13(5-7-15)8-9-18-3;/h4-8,12-14,17H,9-10H2,1-3H3,(H,22,27)(H,23,31)(H,29,30);4-7,12,14,16-17H,8-11H2,1-3H3;1H/t12?,13-,14+,17-;;/m1../s1. The van der Waals surface area contributed by atoms with E-state index in [9.17, 15) is 42.6 Å². The lowest BCUT2D eigenvalue weighted by Crippen LogP contribution is -2.71. The molecular formula is C36H51ClN6O11S2. The second kappa shape index (κ2) is 19.8. The first-order valence-corrected chi connectivity index (χ1v) is 20.4. The predicted octanol–water partition coefficient (Wildman–Crippen LogP) is 1.80. The number of aliphatic carboxylic acids is 1. The molecule has 3 saturated heterocycles. The van der Waals surface area contributed by atoms with Gasteiger partial charge in [0.2, 0.25) is 21.8 Å². The molecule has 3 fully saturated rings. The van der Waals surface area contributed by atoms with Crippen LogP contribution >= 0.6 is 24.2 Å². The fourth-order valence-corrected chi connectivity index (χ4v) is 8.56. The van der Waals surface area contributed by atoms with E-state index >= 15 is 0 Å². The second-order valence-corrected chi connectivity index (χ2v) is 17.7. The summed E-state index contributed by atoms with van der Waals surface area (Å²) < 4.78 is 33.9. The molecule has 2 aromatic rings. The minimum atomic E-state index is -3.87. The topological polar surface area (TPSA) is 224 Å². The van der Waals surface area contributed by atoms with Gasteiger partial charge in [0.15, 0.2) is 0 Å². The van der Waals surface area contributed by atoms with Crippen molar-refractivity contribution in [3.05, 3.63) is 65.7 Å². The number of ether oxygens (including phenoxy) is 2. The van der Waals surface area contributed by atoms with Crippen LogP contribution in [0.5, 0.6) is 5.75 Å². The molecule has 0 aliphatic carbocycles. The first kappa shape index (κ1) is 46.2. The number of imide groups is 1. The number of amides is 6. The third-order valence-corrected chi connectivity index (χ3v) is 11.7. The maximum atomic E-state index is 13.3. The number of aliphatic hydroxyl groups is 1. The summed E-state index contributed by atoms with van der Waals surface area (Å²) in [6.07, 6.45) is 1.26. The highest BCUT2D eigenvalue weighted by Crippen LogP contribution is 2.50. The number of nitrogens with one attached hydrogen (secondary N) is 3. The number of rotatable bonds is 15. The van der Waals surface area contributed by atoms with Gasteiger partial charge in [0.1, 0.15) is 42.0 Å². The summed E-state index contributed by atoms with van der Waals surface area (Å²) >= 11 is 1.26. The zero-order valence-corrected chi connectivity index (χ0v) is 34.5. The highest BCUT2D eigenvalue weighted by Gasteiger charge is 2.64. The van der Waals surface area contributed by atoms with E-state index in [1.54, 1.807) is 51.3 Å². The van der Waals surface area contributed by atoms with Gasteiger partial charge >= 0.3 is 18.0 Å². The number of urea groups is 2. The summed E-state index contributed by atoms with van der Waals surface area (Å²) in [5.41, 5.74) is 1.58. The molecule has 3 heterocycles. The number of hydrogen-bond donors (Lipinski definition) is 5. The number of halogens is 1. The smallest absolute Gasteiger partial charge is 0.341 e. The summed E-state index contributed by atoms with van der Waals surface area (Å²) in [4.78, 5) is 65.0. The zero-order valence-electron chi connectivity index (χ0n) is 32.0. The number of carbonyl (C=O) groups excluding carboxylic acids is 4. The number of carboxylic acid groups (broad SMARTS) is 1. The van der Waals surface area contributed by atoms with Crippen molar-refractivity contribution in [1.29, 1.82) is 0 Å². The van der Waals surface area contributed by atoms with Crippen LogP contribution < -0.4 is 20.7 Å². The molecule has 5 rings (SSSR count). The molecule has 0 saturated carbocycles. The number of nitrogens with zero attached hydrogens (tertiary/aromatic N) is 3. The molecule has 5 atom stereocenters. The number of hydrogen-bond acceptors (Lipinski definition) is 12. The number of methoxy groups -OCH3 is 1. The Morgan fingerprint density at radius 1 is 1.04 bits per heavy atom. The monoisotopic (exact) mass is 842 g/mol. The van der Waals surface area contributed by atoms with Crippen LogP contribution in [0.3, 0.4) is 0 Å². The lowest BCUT2D eigenvalue weighted by Gasteiger charge is -2.44. The lowest BCUT2D eigenvalue weighted by atomic mass is 9.95. The van der Waals surface area contributed by atoms with Crippen LogP contribution in [-0.2, 0) is 35.6 Å². The molecule has 310 valence electrons. The van der Waals surface area contributed by atoms with Gasteiger partial charge in [-0.2, -0.15) is 0 Å². The van der Waals surface area contributed by atoms with Crippen LogP contribution in [0.2, 0.25) is 0 Å². The van der Waals surface area contributed by atoms with Crippen molar-refractivity contribution in [2.45, 2.75) is 74.5 Å². The summed E-state index contributed by atoms with van der Waals surface area (Å²) in [6, 6.07) is 11.0. The maximum Gasteiger partial charge on any atom is 0.341 e. The number of aliphatic hydroxyl groups excluding tert-OH is 1. The summed E-state index contributed by atoms with van der Waals surface area (Å²) in [7, 11) is -2.17. The molecular weight excluding hydrogens is 792 g/mol. The van der Waals surface area contributed by atoms with Crippen LogP contribution in [-0.4, -0.2) is 143 Å². The Balaban J connectivity index is 0.000000357. The van der Waals surface area contributed by atoms with E-state index in [-0.39, 0.29) is 25.5 Å². The van der Waals surface area contributed by atoms with E-state index in [0.29, 0.717) is 34.0 Å². The van der Waals surface area contributed by atoms with Crippen LogP contribution in [0, 0.1) is 0 Å². The second-order valence-electron chi connectivity index (χ2n) is 14.1. The quantitative estimate of drug-likeness (QED) is 0.162. The highest BCUT2D eigenvalue weighted by molar-refractivity contribution is 8.01. The minimum absolute atomic E-state index is 0. The highest BCUT2D eigenvalue weighted by atomic mass is 35.5. The van der Waals surface area contributed by atoms with E-state index < -0.39 is 74.2 Å². The molecule has 0 bridgehead atoms. The predicted molar refractivity (Wildman–Crippen MR) is 211 cm³/mol. The lowest BCUT2D eigenvalue weighted by molar-refractivity contribution is -0.161. The summed E-state index contributed by atoms with van der Waals surface area (Å²) in [5, 5.41) is 26.9. The molecule has 0 spiro atoms. The maximum absolute atomic E-state index is 13.3. The van der Waals surface area contributed by atoms with Crippen molar-refractivity contribution in [1.82, 2.24) is 30.1 Å². The number of thioether (sulfide) groups is 1. The summed E-state index contributed by atoms with van der Waals surface area (Å²) in [5.74, 6) is -1.64. The Bertz CT molecular complexity index is 1800. The molecule has 56 heavy (non-hydrogen) atoms. The van der Waals surface area contributed by atoms with Gasteiger partial charge in [-0.05, 0) is 43.5 Å². The van der Waals surface area contributed by atoms with E-state index in [2.05, 4.69) is 16.0 Å². The Kier molecular flexibility index (Phi) is 16.4. The fraction of sp³-hybridized carbons (Fsp3) is 0.528. The molecule has 0 radical (unpaired) electrons. The number of fused-ring (bicyclic) bond motifs is 1. The number of carbonyl (C=O) groups is 5. The minimum Gasteiger partial charge on any atom is -0.491 e. The van der Waals surface area contributed by atoms with Gasteiger partial charge in [-0.1, -0.05) is 56.3 Å². The molecule has 6 amide bonds. The van der Waals surface area contributed by atoms with Crippen LogP contribution in [0.1, 0.15) is 44.9 Å². The van der Waals surface area contributed by atoms with Crippen molar-refractivity contribution < 1.29 is 52.1 Å². The van der Waals surface area contributed by atoms with Crippen molar-refractivity contribution in [2.75, 3.05) is 46.2 Å². The fourth-order valence-electron chi connectivity index (χ4n) is 6.14.